The molecule has 2 aliphatic rings. The number of carbonyl (C=O) groups is 5. The second-order valence-corrected chi connectivity index (χ2v) is 13.6. The molecule has 3 aromatic rings. The van der Waals surface area contributed by atoms with Gasteiger partial charge in [0.25, 0.3) is 23.5 Å². The maximum absolute atomic E-state index is 13.4. The Morgan fingerprint density at radius 2 is 1.94 bits per heavy atom. The number of β-lactam (4-membered cyclic amide) rings is 1. The SMILES string of the molecule is CC(O)c1nc2nc(C(=O)O)cc(SCC3=C(C(=O)O)N4C(=O)C(NC(=O)C(=NOC(C)(C)C(=O)NN)c5csc(N)n5)[C@@H]4SC3)n2n1. The number of nitrogens with zero attached hydrogens (tertiary/aromatic N) is 7. The summed E-state index contributed by atoms with van der Waals surface area (Å²) in [5, 5.41) is 41.1. The van der Waals surface area contributed by atoms with Crippen LogP contribution in [0.3, 0.4) is 0 Å². The van der Waals surface area contributed by atoms with Gasteiger partial charge in [0.05, 0.1) is 0 Å². The first-order valence-electron chi connectivity index (χ1n) is 13.6. The Balaban J connectivity index is 1.37. The molecule has 48 heavy (non-hydrogen) atoms. The van der Waals surface area contributed by atoms with Crippen molar-refractivity contribution in [3.05, 3.63) is 39.9 Å². The number of aliphatic hydroxyl groups is 1. The van der Waals surface area contributed by atoms with E-state index in [2.05, 4.69) is 30.5 Å². The number of carboxylic acid groups (broad SMARTS) is 2. The Kier molecular flexibility index (Phi) is 9.59. The molecule has 20 nitrogen and oxygen atoms in total. The van der Waals surface area contributed by atoms with Crippen LogP contribution in [-0.2, 0) is 24.0 Å². The highest BCUT2D eigenvalue weighted by atomic mass is 32.2. The van der Waals surface area contributed by atoms with E-state index in [-0.39, 0.29) is 50.4 Å². The van der Waals surface area contributed by atoms with E-state index in [0.29, 0.717) is 5.57 Å². The van der Waals surface area contributed by atoms with Crippen LogP contribution < -0.4 is 22.3 Å². The molecule has 0 saturated carbocycles. The van der Waals surface area contributed by atoms with Crippen molar-refractivity contribution in [2.75, 3.05) is 17.2 Å². The van der Waals surface area contributed by atoms with Crippen LogP contribution in [0.25, 0.3) is 5.78 Å². The molecule has 0 radical (unpaired) electrons. The van der Waals surface area contributed by atoms with Crippen molar-refractivity contribution in [1.29, 1.82) is 0 Å². The number of anilines is 1. The van der Waals surface area contributed by atoms with Crippen molar-refractivity contribution < 1.29 is 44.1 Å². The van der Waals surface area contributed by atoms with E-state index in [1.165, 1.54) is 48.5 Å². The molecule has 3 aromatic heterocycles. The van der Waals surface area contributed by atoms with Gasteiger partial charge in [0, 0.05) is 23.0 Å². The molecule has 254 valence electrons. The number of aliphatic carboxylic acids is 1. The van der Waals surface area contributed by atoms with E-state index >= 15 is 0 Å². The number of hydrazine groups is 1. The van der Waals surface area contributed by atoms with Gasteiger partial charge in [-0.05, 0) is 26.3 Å². The average molecular weight is 722 g/mol. The highest BCUT2D eigenvalue weighted by Gasteiger charge is 2.54. The number of amides is 3. The van der Waals surface area contributed by atoms with Gasteiger partial charge < -0.3 is 31.2 Å². The van der Waals surface area contributed by atoms with Crippen molar-refractivity contribution in [2.45, 2.75) is 48.9 Å². The molecule has 9 N–H and O–H groups in total. The van der Waals surface area contributed by atoms with Crippen LogP contribution in [0.5, 0.6) is 0 Å². The van der Waals surface area contributed by atoms with Crippen LogP contribution in [-0.4, -0.2) is 109 Å². The first-order valence-corrected chi connectivity index (χ1v) is 16.6. The lowest BCUT2D eigenvalue weighted by molar-refractivity contribution is -0.150. The molecule has 0 bridgehead atoms. The fourth-order valence-corrected chi connectivity index (χ4v) is 7.41. The van der Waals surface area contributed by atoms with Gasteiger partial charge in [-0.1, -0.05) is 5.16 Å². The molecular formula is C25H27N11O9S3. The minimum Gasteiger partial charge on any atom is -0.477 e. The maximum Gasteiger partial charge on any atom is 0.354 e. The summed E-state index contributed by atoms with van der Waals surface area (Å²) in [5.41, 5.74) is 5.40. The summed E-state index contributed by atoms with van der Waals surface area (Å²) in [5.74, 6) is 0.209. The van der Waals surface area contributed by atoms with Crippen LogP contribution in [0.4, 0.5) is 5.13 Å². The van der Waals surface area contributed by atoms with Gasteiger partial charge in [-0.3, -0.25) is 24.7 Å². The van der Waals surface area contributed by atoms with Crippen molar-refractivity contribution in [2.24, 2.45) is 11.0 Å². The predicted octanol–water partition coefficient (Wildman–Crippen LogP) is -1.07. The molecule has 23 heteroatoms. The normalized spacial score (nSPS) is 18.6. The molecule has 5 rings (SSSR count). The third-order valence-corrected chi connectivity index (χ3v) is 9.93. The maximum atomic E-state index is 13.4. The van der Waals surface area contributed by atoms with Crippen molar-refractivity contribution in [3.63, 3.8) is 0 Å². The molecule has 2 unspecified atom stereocenters. The van der Waals surface area contributed by atoms with Gasteiger partial charge in [0.15, 0.2) is 22.4 Å². The first-order chi connectivity index (χ1) is 22.6. The Morgan fingerprint density at radius 1 is 1.21 bits per heavy atom. The second kappa shape index (κ2) is 13.3. The van der Waals surface area contributed by atoms with Crippen molar-refractivity contribution >= 4 is 81.1 Å². The van der Waals surface area contributed by atoms with Crippen LogP contribution in [0, 0.1) is 0 Å². The number of carboxylic acids is 2. The molecule has 1 fully saturated rings. The standard InChI is InChI=1S/C25H27N11O9S3/c1-8(37)16-31-24-29-10(20(40)41)4-12(36(24)33-16)46-5-9-6-47-19-14(18(39)35(19)15(9)21(42)43)30-17(38)13(11-7-48-23(26)28-11)34-45-25(2,3)22(44)32-27/h4,7-8,14,19,37H,5-6,27H2,1-3H3,(H2,26,28)(H,30,38)(H,32,44)(H,40,41)(H,42,43)/t8?,14?,19-/m0/s1. The number of nitrogen functional groups attached to an aromatic ring is 1. The Labute approximate surface area is 282 Å². The molecule has 1 saturated heterocycles. The summed E-state index contributed by atoms with van der Waals surface area (Å²) >= 11 is 3.25. The lowest BCUT2D eigenvalue weighted by Crippen LogP contribution is -2.71. The van der Waals surface area contributed by atoms with Crippen LogP contribution in [0.15, 0.2) is 32.9 Å². The summed E-state index contributed by atoms with van der Waals surface area (Å²) in [6.07, 6.45) is -1.06. The lowest BCUT2D eigenvalue weighted by atomic mass is 10.0. The number of rotatable bonds is 12. The average Bonchev–Trinajstić information content (AvgIpc) is 3.67. The second-order valence-electron chi connectivity index (χ2n) is 10.6. The minimum absolute atomic E-state index is 0.00791. The number of nitrogens with one attached hydrogen (secondary N) is 2. The molecule has 0 aliphatic carbocycles. The van der Waals surface area contributed by atoms with Crippen LogP contribution in [0.2, 0.25) is 0 Å². The number of hydrogen-bond donors (Lipinski definition) is 7. The Bertz CT molecular complexity index is 1910. The fraction of sp³-hybridized carbons (Fsp3) is 0.360. The molecule has 5 heterocycles. The zero-order valence-electron chi connectivity index (χ0n) is 25.1. The number of nitrogens with two attached hydrogens (primary N) is 2. The quantitative estimate of drug-likeness (QED) is 0.0223. The van der Waals surface area contributed by atoms with Gasteiger partial charge in [-0.25, -0.2) is 25.4 Å². The molecule has 2 aliphatic heterocycles. The zero-order chi connectivity index (χ0) is 35.1. The van der Waals surface area contributed by atoms with E-state index < -0.39 is 58.5 Å². The van der Waals surface area contributed by atoms with Gasteiger partial charge in [-0.2, -0.15) is 9.50 Å². The van der Waals surface area contributed by atoms with Gasteiger partial charge >= 0.3 is 11.9 Å². The molecular weight excluding hydrogens is 695 g/mol. The third kappa shape index (κ3) is 6.62. The number of fused-ring (bicyclic) bond motifs is 2. The molecule has 3 amide bonds. The number of aromatic carboxylic acids is 1. The predicted molar refractivity (Wildman–Crippen MR) is 169 cm³/mol. The van der Waals surface area contributed by atoms with Gasteiger partial charge in [-0.15, -0.1) is 40.0 Å². The topological polar surface area (TPSA) is 303 Å². The highest BCUT2D eigenvalue weighted by Crippen LogP contribution is 2.41. The number of thioether (sulfide) groups is 2. The summed E-state index contributed by atoms with van der Waals surface area (Å²) in [7, 11) is 0. The minimum atomic E-state index is -1.59. The van der Waals surface area contributed by atoms with Crippen LogP contribution in [0.1, 0.15) is 48.9 Å². The summed E-state index contributed by atoms with van der Waals surface area (Å²) in [4.78, 5) is 81.3. The number of oxime groups is 1. The fourth-order valence-electron chi connectivity index (χ4n) is 4.39. The molecule has 3 atom stereocenters. The van der Waals surface area contributed by atoms with Gasteiger partial charge in [0.1, 0.15) is 33.9 Å². The lowest BCUT2D eigenvalue weighted by Gasteiger charge is -2.49. The van der Waals surface area contributed by atoms with E-state index in [0.717, 1.165) is 28.0 Å². The van der Waals surface area contributed by atoms with Gasteiger partial charge in [0.2, 0.25) is 5.60 Å². The van der Waals surface area contributed by atoms with Crippen molar-refractivity contribution in [1.82, 2.24) is 40.2 Å². The smallest absolute Gasteiger partial charge is 0.354 e. The van der Waals surface area contributed by atoms with Crippen LogP contribution >= 0.6 is 34.9 Å². The Hall–Kier alpha value is -4.84. The van der Waals surface area contributed by atoms with Crippen molar-refractivity contribution in [3.8, 4) is 0 Å². The molecule has 0 aromatic carbocycles. The van der Waals surface area contributed by atoms with E-state index in [1.807, 2.05) is 5.43 Å². The Morgan fingerprint density at radius 3 is 2.54 bits per heavy atom. The molecule has 0 spiro atoms. The summed E-state index contributed by atoms with van der Waals surface area (Å²) < 4.78 is 1.24. The zero-order valence-corrected chi connectivity index (χ0v) is 27.6. The van der Waals surface area contributed by atoms with E-state index in [1.54, 1.807) is 0 Å². The number of hydrogen-bond acceptors (Lipinski definition) is 17. The van der Waals surface area contributed by atoms with E-state index in [4.69, 9.17) is 16.4 Å². The monoisotopic (exact) mass is 721 g/mol. The van der Waals surface area contributed by atoms with E-state index in [9.17, 15) is 39.3 Å². The summed E-state index contributed by atoms with van der Waals surface area (Å²) in [6.45, 7) is 4.14. The number of aromatic nitrogens is 5. The number of thiazole rings is 1. The number of aliphatic hydroxyl groups excluding tert-OH is 1. The third-order valence-electron chi connectivity index (χ3n) is 6.84. The first kappa shape index (κ1) is 34.5. The highest BCUT2D eigenvalue weighted by molar-refractivity contribution is 8.01. The largest absolute Gasteiger partial charge is 0.477 e. The number of carbonyl (C=O) groups excluding carboxylic acids is 3. The summed E-state index contributed by atoms with van der Waals surface area (Å²) in [6, 6.07) is 0.0859.